The van der Waals surface area contributed by atoms with Crippen LogP contribution >= 0.6 is 31.9 Å². The molecule has 6 heteroatoms. The van der Waals surface area contributed by atoms with Crippen molar-refractivity contribution in [3.8, 4) is 11.5 Å². The number of rotatable bonds is 6. The lowest BCUT2D eigenvalue weighted by atomic mass is 10.2. The Bertz CT molecular complexity index is 664. The van der Waals surface area contributed by atoms with Crippen LogP contribution in [-0.4, -0.2) is 17.6 Å². The fourth-order valence-corrected chi connectivity index (χ4v) is 3.06. The first-order chi connectivity index (χ1) is 11.0. The number of anilines is 1. The Morgan fingerprint density at radius 3 is 2.35 bits per heavy atom. The van der Waals surface area contributed by atoms with Gasteiger partial charge in [0.1, 0.15) is 11.5 Å². The fourth-order valence-electron chi connectivity index (χ4n) is 1.88. The monoisotopic (exact) mass is 441 g/mol. The Morgan fingerprint density at radius 1 is 1.17 bits per heavy atom. The van der Waals surface area contributed by atoms with E-state index >= 15 is 0 Å². The number of unbranched alkanes of at least 4 members (excludes halogenated alkanes) is 1. The molecule has 0 heterocycles. The molecular weight excluding hydrogens is 426 g/mol. The van der Waals surface area contributed by atoms with Crippen molar-refractivity contribution >= 4 is 43.5 Å². The van der Waals surface area contributed by atoms with Crippen LogP contribution in [0.25, 0.3) is 0 Å². The summed E-state index contributed by atoms with van der Waals surface area (Å²) in [6, 6.07) is 10.3. The summed E-state index contributed by atoms with van der Waals surface area (Å²) in [7, 11) is 0. The van der Waals surface area contributed by atoms with Crippen LogP contribution in [0.5, 0.6) is 11.5 Å². The average molecular weight is 443 g/mol. The Balaban J connectivity index is 2.03. The van der Waals surface area contributed by atoms with Crippen LogP contribution in [-0.2, 0) is 0 Å². The quantitative estimate of drug-likeness (QED) is 0.468. The van der Waals surface area contributed by atoms with E-state index in [1.54, 1.807) is 36.4 Å². The normalized spacial score (nSPS) is 10.4. The fraction of sp³-hybridized carbons (Fsp3) is 0.235. The van der Waals surface area contributed by atoms with Crippen molar-refractivity contribution in [2.75, 3.05) is 11.9 Å². The molecule has 2 rings (SSSR count). The highest BCUT2D eigenvalue weighted by Gasteiger charge is 2.10. The molecule has 2 aromatic carbocycles. The van der Waals surface area contributed by atoms with Crippen LogP contribution < -0.4 is 10.1 Å². The minimum Gasteiger partial charge on any atom is -0.506 e. The minimum atomic E-state index is -0.227. The molecular formula is C17H17Br2NO3. The van der Waals surface area contributed by atoms with E-state index in [1.807, 2.05) is 0 Å². The Morgan fingerprint density at radius 2 is 1.78 bits per heavy atom. The van der Waals surface area contributed by atoms with Crippen LogP contribution in [0.4, 0.5) is 5.69 Å². The van der Waals surface area contributed by atoms with Gasteiger partial charge in [-0.15, -0.1) is 0 Å². The third-order valence-electron chi connectivity index (χ3n) is 3.16. The van der Waals surface area contributed by atoms with Crippen LogP contribution in [0.2, 0.25) is 0 Å². The van der Waals surface area contributed by atoms with Crippen molar-refractivity contribution in [1.82, 2.24) is 0 Å². The second kappa shape index (κ2) is 8.36. The van der Waals surface area contributed by atoms with E-state index in [9.17, 15) is 9.90 Å². The number of carbonyl (C=O) groups is 1. The molecule has 0 saturated carbocycles. The van der Waals surface area contributed by atoms with E-state index < -0.39 is 0 Å². The van der Waals surface area contributed by atoms with Gasteiger partial charge in [0.25, 0.3) is 5.91 Å². The molecule has 23 heavy (non-hydrogen) atoms. The maximum absolute atomic E-state index is 12.2. The first-order valence-electron chi connectivity index (χ1n) is 7.23. The third-order valence-corrected chi connectivity index (χ3v) is 4.37. The van der Waals surface area contributed by atoms with E-state index in [0.717, 1.165) is 18.6 Å². The summed E-state index contributed by atoms with van der Waals surface area (Å²) in [5, 5.41) is 12.5. The third kappa shape index (κ3) is 4.97. The molecule has 0 fully saturated rings. The highest BCUT2D eigenvalue weighted by Crippen LogP contribution is 2.35. The number of carbonyl (C=O) groups excluding carboxylic acids is 1. The van der Waals surface area contributed by atoms with Gasteiger partial charge in [-0.2, -0.15) is 0 Å². The molecule has 4 nitrogen and oxygen atoms in total. The molecule has 0 aliphatic rings. The van der Waals surface area contributed by atoms with Gasteiger partial charge in [0, 0.05) is 11.3 Å². The molecule has 0 bridgehead atoms. The highest BCUT2D eigenvalue weighted by atomic mass is 79.9. The summed E-state index contributed by atoms with van der Waals surface area (Å²) in [5.74, 6) is 0.622. The smallest absolute Gasteiger partial charge is 0.255 e. The molecule has 0 saturated heterocycles. The van der Waals surface area contributed by atoms with E-state index in [4.69, 9.17) is 4.74 Å². The summed E-state index contributed by atoms with van der Waals surface area (Å²) in [5.41, 5.74) is 1.11. The Labute approximate surface area is 152 Å². The lowest BCUT2D eigenvalue weighted by molar-refractivity contribution is 0.102. The number of phenols is 1. The maximum Gasteiger partial charge on any atom is 0.255 e. The van der Waals surface area contributed by atoms with E-state index in [-0.39, 0.29) is 11.7 Å². The van der Waals surface area contributed by atoms with Gasteiger partial charge in [-0.1, -0.05) is 13.3 Å². The van der Waals surface area contributed by atoms with Gasteiger partial charge in [0.05, 0.1) is 15.6 Å². The number of halogens is 2. The standard InChI is InChI=1S/C17H17Br2NO3/c1-2-3-8-23-13-6-4-11(5-7-13)17(22)20-12-9-14(18)16(21)15(19)10-12/h4-7,9-10,21H,2-3,8H2,1H3,(H,20,22). The predicted molar refractivity (Wildman–Crippen MR) is 98.3 cm³/mol. The van der Waals surface area contributed by atoms with Crippen molar-refractivity contribution in [2.45, 2.75) is 19.8 Å². The molecule has 0 aliphatic carbocycles. The van der Waals surface area contributed by atoms with Crippen molar-refractivity contribution in [2.24, 2.45) is 0 Å². The van der Waals surface area contributed by atoms with Crippen LogP contribution in [0.1, 0.15) is 30.1 Å². The zero-order valence-corrected chi connectivity index (χ0v) is 15.8. The molecule has 1 amide bonds. The molecule has 0 aliphatic heterocycles. The number of ether oxygens (including phenoxy) is 1. The van der Waals surface area contributed by atoms with Crippen molar-refractivity contribution in [3.63, 3.8) is 0 Å². The lowest BCUT2D eigenvalue weighted by Crippen LogP contribution is -2.11. The number of hydrogen-bond donors (Lipinski definition) is 2. The summed E-state index contributed by atoms with van der Waals surface area (Å²) < 4.78 is 6.58. The second-order valence-electron chi connectivity index (χ2n) is 4.97. The zero-order valence-electron chi connectivity index (χ0n) is 12.6. The topological polar surface area (TPSA) is 58.6 Å². The Hall–Kier alpha value is -1.53. The van der Waals surface area contributed by atoms with Crippen molar-refractivity contribution in [1.29, 1.82) is 0 Å². The molecule has 2 aromatic rings. The van der Waals surface area contributed by atoms with Gasteiger partial charge >= 0.3 is 0 Å². The van der Waals surface area contributed by atoms with Gasteiger partial charge in [-0.05, 0) is 74.7 Å². The summed E-state index contributed by atoms with van der Waals surface area (Å²) >= 11 is 6.47. The number of hydrogen-bond acceptors (Lipinski definition) is 3. The molecule has 122 valence electrons. The van der Waals surface area contributed by atoms with E-state index in [1.165, 1.54) is 0 Å². The largest absolute Gasteiger partial charge is 0.506 e. The molecule has 0 aromatic heterocycles. The molecule has 0 radical (unpaired) electrons. The van der Waals surface area contributed by atoms with Crippen molar-refractivity contribution < 1.29 is 14.6 Å². The SMILES string of the molecule is CCCCOc1ccc(C(=O)Nc2cc(Br)c(O)c(Br)c2)cc1. The van der Waals surface area contributed by atoms with Gasteiger partial charge in [-0.25, -0.2) is 0 Å². The summed E-state index contributed by atoms with van der Waals surface area (Å²) in [4.78, 5) is 12.2. The zero-order chi connectivity index (χ0) is 16.8. The predicted octanol–water partition coefficient (Wildman–Crippen LogP) is 5.35. The maximum atomic E-state index is 12.2. The second-order valence-corrected chi connectivity index (χ2v) is 6.68. The first kappa shape index (κ1) is 17.8. The van der Waals surface area contributed by atoms with Gasteiger partial charge in [-0.3, -0.25) is 4.79 Å². The number of aromatic hydroxyl groups is 1. The number of amides is 1. The van der Waals surface area contributed by atoms with E-state index in [2.05, 4.69) is 44.1 Å². The highest BCUT2D eigenvalue weighted by molar-refractivity contribution is 9.11. The average Bonchev–Trinajstić information content (AvgIpc) is 2.53. The molecule has 0 atom stereocenters. The summed E-state index contributed by atoms with van der Waals surface area (Å²) in [6.45, 7) is 2.79. The van der Waals surface area contributed by atoms with Crippen molar-refractivity contribution in [3.05, 3.63) is 50.9 Å². The van der Waals surface area contributed by atoms with Gasteiger partial charge in [0.15, 0.2) is 0 Å². The van der Waals surface area contributed by atoms with Gasteiger partial charge < -0.3 is 15.2 Å². The summed E-state index contributed by atoms with van der Waals surface area (Å²) in [6.07, 6.45) is 2.09. The molecule has 0 spiro atoms. The number of phenolic OH excluding ortho intramolecular Hbond substituents is 1. The first-order valence-corrected chi connectivity index (χ1v) is 8.82. The van der Waals surface area contributed by atoms with Crippen LogP contribution in [0.15, 0.2) is 45.3 Å². The minimum absolute atomic E-state index is 0.0941. The van der Waals surface area contributed by atoms with Gasteiger partial charge in [0.2, 0.25) is 0 Å². The Kier molecular flexibility index (Phi) is 6.47. The molecule has 0 unspecified atom stereocenters. The van der Waals surface area contributed by atoms with Crippen LogP contribution in [0, 0.1) is 0 Å². The molecule has 2 N–H and O–H groups in total. The number of benzene rings is 2. The van der Waals surface area contributed by atoms with E-state index in [0.29, 0.717) is 26.8 Å². The van der Waals surface area contributed by atoms with Crippen LogP contribution in [0.3, 0.4) is 0 Å². The number of nitrogens with one attached hydrogen (secondary N) is 1. The lowest BCUT2D eigenvalue weighted by Gasteiger charge is -2.09.